The Morgan fingerprint density at radius 1 is 1.40 bits per heavy atom. The Morgan fingerprint density at radius 3 is 2.50 bits per heavy atom. The Hall–Kier alpha value is -0.980. The molecule has 0 unspecified atom stereocenters. The minimum atomic E-state index is -3.72. The molecular weight excluding hydrogens is 279 g/mol. The van der Waals surface area contributed by atoms with E-state index in [0.29, 0.717) is 5.56 Å². The van der Waals surface area contributed by atoms with Crippen molar-refractivity contribution in [2.45, 2.75) is 56.5 Å². The Bertz CT molecular complexity index is 604. The molecule has 0 radical (unpaired) electrons. The first-order valence-electron chi connectivity index (χ1n) is 6.86. The molecule has 4 nitrogen and oxygen atoms in total. The maximum absolute atomic E-state index is 13.8. The van der Waals surface area contributed by atoms with E-state index in [1.54, 1.807) is 0 Å². The van der Waals surface area contributed by atoms with Crippen LogP contribution in [0.3, 0.4) is 0 Å². The molecule has 1 fully saturated rings. The number of benzene rings is 1. The molecule has 1 aromatic carbocycles. The van der Waals surface area contributed by atoms with Gasteiger partial charge in [0, 0.05) is 17.6 Å². The minimum Gasteiger partial charge on any atom is -0.326 e. The summed E-state index contributed by atoms with van der Waals surface area (Å²) in [6.07, 6.45) is 3.43. The molecule has 1 aromatic rings. The Morgan fingerprint density at radius 2 is 2.05 bits per heavy atom. The Balaban J connectivity index is 2.41. The average Bonchev–Trinajstić information content (AvgIpc) is 2.36. The minimum absolute atomic E-state index is 0.00215. The summed E-state index contributed by atoms with van der Waals surface area (Å²) < 4.78 is 41.6. The van der Waals surface area contributed by atoms with Gasteiger partial charge in [0.15, 0.2) is 0 Å². The monoisotopic (exact) mass is 300 g/mol. The van der Waals surface area contributed by atoms with Gasteiger partial charge in [-0.15, -0.1) is 0 Å². The van der Waals surface area contributed by atoms with Gasteiger partial charge in [-0.3, -0.25) is 0 Å². The zero-order valence-electron chi connectivity index (χ0n) is 11.9. The van der Waals surface area contributed by atoms with Crippen LogP contribution in [0, 0.1) is 12.7 Å². The number of rotatable bonds is 5. The summed E-state index contributed by atoms with van der Waals surface area (Å²) in [6, 6.07) is 2.75. The van der Waals surface area contributed by atoms with Crippen LogP contribution < -0.4 is 10.5 Å². The highest BCUT2D eigenvalue weighted by Crippen LogP contribution is 2.36. The topological polar surface area (TPSA) is 72.2 Å². The van der Waals surface area contributed by atoms with Crippen LogP contribution in [0.4, 0.5) is 4.39 Å². The van der Waals surface area contributed by atoms with Crippen LogP contribution in [0.15, 0.2) is 17.0 Å². The highest BCUT2D eigenvalue weighted by Gasteiger charge is 2.39. The van der Waals surface area contributed by atoms with Gasteiger partial charge in [-0.25, -0.2) is 17.5 Å². The zero-order valence-corrected chi connectivity index (χ0v) is 12.7. The fourth-order valence-corrected chi connectivity index (χ4v) is 4.41. The van der Waals surface area contributed by atoms with E-state index in [-0.39, 0.29) is 22.5 Å². The predicted octanol–water partition coefficient (Wildman–Crippen LogP) is 2.20. The Labute approximate surface area is 119 Å². The van der Waals surface area contributed by atoms with Crippen molar-refractivity contribution in [2.24, 2.45) is 5.73 Å². The molecule has 20 heavy (non-hydrogen) atoms. The molecule has 1 saturated carbocycles. The number of sulfonamides is 1. The van der Waals surface area contributed by atoms with E-state index in [0.717, 1.165) is 25.7 Å². The molecule has 112 valence electrons. The van der Waals surface area contributed by atoms with Gasteiger partial charge in [-0.2, -0.15) is 0 Å². The molecule has 0 aromatic heterocycles. The van der Waals surface area contributed by atoms with Crippen molar-refractivity contribution in [3.63, 3.8) is 0 Å². The maximum atomic E-state index is 13.8. The molecule has 0 atom stereocenters. The molecule has 0 amide bonds. The van der Waals surface area contributed by atoms with Gasteiger partial charge < -0.3 is 5.73 Å². The normalized spacial score (nSPS) is 17.8. The van der Waals surface area contributed by atoms with Gasteiger partial charge in [0.2, 0.25) is 10.0 Å². The zero-order chi connectivity index (χ0) is 15.0. The van der Waals surface area contributed by atoms with Crippen molar-refractivity contribution in [2.75, 3.05) is 0 Å². The molecule has 2 rings (SSSR count). The third-order valence-corrected chi connectivity index (χ3v) is 5.92. The smallest absolute Gasteiger partial charge is 0.241 e. The van der Waals surface area contributed by atoms with E-state index < -0.39 is 15.8 Å². The average molecular weight is 300 g/mol. The van der Waals surface area contributed by atoms with Crippen molar-refractivity contribution in [1.29, 1.82) is 0 Å². The number of halogens is 1. The molecule has 0 aliphatic heterocycles. The van der Waals surface area contributed by atoms with Gasteiger partial charge in [-0.05, 0) is 50.3 Å². The molecule has 1 aliphatic carbocycles. The van der Waals surface area contributed by atoms with Crippen LogP contribution in [-0.4, -0.2) is 14.0 Å². The van der Waals surface area contributed by atoms with E-state index in [1.165, 1.54) is 19.1 Å². The van der Waals surface area contributed by atoms with E-state index in [2.05, 4.69) is 4.72 Å². The second kappa shape index (κ2) is 5.42. The number of hydrogen-bond acceptors (Lipinski definition) is 3. The van der Waals surface area contributed by atoms with Crippen LogP contribution in [0.2, 0.25) is 0 Å². The SMILES string of the molecule is CCC1(NS(=O)(=O)c2cc(CN)cc(F)c2C)CCC1. The summed E-state index contributed by atoms with van der Waals surface area (Å²) in [5, 5.41) is 0. The molecular formula is C14H21FN2O2S. The summed E-state index contributed by atoms with van der Waals surface area (Å²) >= 11 is 0. The van der Waals surface area contributed by atoms with E-state index in [4.69, 9.17) is 5.73 Å². The van der Waals surface area contributed by atoms with E-state index >= 15 is 0 Å². The second-order valence-corrected chi connectivity index (χ2v) is 7.15. The largest absolute Gasteiger partial charge is 0.326 e. The third-order valence-electron chi connectivity index (χ3n) is 4.22. The standard InChI is InChI=1S/C14H21FN2O2S/c1-3-14(5-4-6-14)17-20(18,19)13-8-11(9-16)7-12(15)10(13)2/h7-8,17H,3-6,9,16H2,1-2H3. The van der Waals surface area contributed by atoms with Crippen LogP contribution in [0.5, 0.6) is 0 Å². The van der Waals surface area contributed by atoms with Gasteiger partial charge in [-0.1, -0.05) is 6.92 Å². The lowest BCUT2D eigenvalue weighted by molar-refractivity contribution is 0.214. The summed E-state index contributed by atoms with van der Waals surface area (Å²) in [6.45, 7) is 3.55. The summed E-state index contributed by atoms with van der Waals surface area (Å²) in [4.78, 5) is -0.00215. The molecule has 3 N–H and O–H groups in total. The number of nitrogens with one attached hydrogen (secondary N) is 1. The number of hydrogen-bond donors (Lipinski definition) is 2. The first-order chi connectivity index (χ1) is 9.33. The van der Waals surface area contributed by atoms with Gasteiger partial charge in [0.05, 0.1) is 4.90 Å². The molecule has 0 spiro atoms. The van der Waals surface area contributed by atoms with Crippen molar-refractivity contribution in [1.82, 2.24) is 4.72 Å². The fourth-order valence-electron chi connectivity index (χ4n) is 2.58. The van der Waals surface area contributed by atoms with Crippen molar-refractivity contribution in [3.05, 3.63) is 29.1 Å². The molecule has 6 heteroatoms. The number of nitrogens with two attached hydrogens (primary N) is 1. The van der Waals surface area contributed by atoms with Gasteiger partial charge in [0.1, 0.15) is 5.82 Å². The van der Waals surface area contributed by atoms with Crippen LogP contribution in [0.25, 0.3) is 0 Å². The first kappa shape index (κ1) is 15.4. The molecule has 0 saturated heterocycles. The maximum Gasteiger partial charge on any atom is 0.241 e. The summed E-state index contributed by atoms with van der Waals surface area (Å²) in [5.74, 6) is -0.535. The van der Waals surface area contributed by atoms with Crippen molar-refractivity contribution >= 4 is 10.0 Å². The quantitative estimate of drug-likeness (QED) is 0.875. The summed E-state index contributed by atoms with van der Waals surface area (Å²) in [7, 11) is -3.72. The van der Waals surface area contributed by atoms with Crippen LogP contribution in [0.1, 0.15) is 43.7 Å². The third kappa shape index (κ3) is 2.73. The first-order valence-corrected chi connectivity index (χ1v) is 8.35. The highest BCUT2D eigenvalue weighted by atomic mass is 32.2. The van der Waals surface area contributed by atoms with Crippen molar-refractivity contribution < 1.29 is 12.8 Å². The van der Waals surface area contributed by atoms with Gasteiger partial charge in [0.25, 0.3) is 0 Å². The Kier molecular flexibility index (Phi) is 4.18. The van der Waals surface area contributed by atoms with Crippen LogP contribution in [-0.2, 0) is 16.6 Å². The highest BCUT2D eigenvalue weighted by molar-refractivity contribution is 7.89. The second-order valence-electron chi connectivity index (χ2n) is 5.50. The predicted molar refractivity (Wildman–Crippen MR) is 76.2 cm³/mol. The van der Waals surface area contributed by atoms with Crippen molar-refractivity contribution in [3.8, 4) is 0 Å². The fraction of sp³-hybridized carbons (Fsp3) is 0.571. The van der Waals surface area contributed by atoms with E-state index in [9.17, 15) is 12.8 Å². The van der Waals surface area contributed by atoms with E-state index in [1.807, 2.05) is 6.92 Å². The lowest BCUT2D eigenvalue weighted by atomic mass is 9.76. The van der Waals surface area contributed by atoms with Crippen LogP contribution >= 0.6 is 0 Å². The lowest BCUT2D eigenvalue weighted by Crippen LogP contribution is -2.52. The molecule has 0 heterocycles. The molecule has 0 bridgehead atoms. The molecule has 1 aliphatic rings. The lowest BCUT2D eigenvalue weighted by Gasteiger charge is -2.41. The summed E-state index contributed by atoms with van der Waals surface area (Å²) in [5.41, 5.74) is 5.75. The van der Waals surface area contributed by atoms with Gasteiger partial charge >= 0.3 is 0 Å².